The molecule has 1 N–H and O–H groups in total. The van der Waals surface area contributed by atoms with Gasteiger partial charge in [0, 0.05) is 50.1 Å². The van der Waals surface area contributed by atoms with E-state index in [0.717, 1.165) is 31.1 Å². The summed E-state index contributed by atoms with van der Waals surface area (Å²) in [6.07, 6.45) is 5.32. The number of hydrogen-bond donors (Lipinski definition) is 1. The largest absolute Gasteiger partial charge is 0.374 e. The minimum atomic E-state index is 0. The monoisotopic (exact) mass is 464 g/mol. The van der Waals surface area contributed by atoms with Crippen molar-refractivity contribution < 1.29 is 4.74 Å². The molecular formula is C20H25IN4O. The molecule has 26 heavy (non-hydrogen) atoms. The Bertz CT molecular complexity index is 803. The van der Waals surface area contributed by atoms with Crippen LogP contribution in [0.1, 0.15) is 18.4 Å². The average molecular weight is 464 g/mol. The normalized spacial score (nSPS) is 29.7. The lowest BCUT2D eigenvalue weighted by Crippen LogP contribution is -2.41. The molecule has 0 spiro atoms. The minimum Gasteiger partial charge on any atom is -0.374 e. The zero-order chi connectivity index (χ0) is 16.8. The molecule has 4 heterocycles. The summed E-state index contributed by atoms with van der Waals surface area (Å²) in [5.41, 5.74) is 2.28. The van der Waals surface area contributed by atoms with Gasteiger partial charge >= 0.3 is 0 Å². The quantitative estimate of drug-likeness (QED) is 0.422. The van der Waals surface area contributed by atoms with E-state index >= 15 is 0 Å². The van der Waals surface area contributed by atoms with Gasteiger partial charge in [0.25, 0.3) is 0 Å². The van der Waals surface area contributed by atoms with Gasteiger partial charge in [-0.25, -0.2) is 0 Å². The van der Waals surface area contributed by atoms with E-state index in [1.54, 1.807) is 0 Å². The van der Waals surface area contributed by atoms with Crippen LogP contribution in [0.2, 0.25) is 0 Å². The van der Waals surface area contributed by atoms with Crippen molar-refractivity contribution in [2.75, 3.05) is 20.1 Å². The number of hydrogen-bond acceptors (Lipinski definition) is 3. The molecule has 0 radical (unpaired) electrons. The fraction of sp³-hybridized carbons (Fsp3) is 0.500. The molecule has 1 aromatic heterocycles. The maximum Gasteiger partial charge on any atom is 0.193 e. The van der Waals surface area contributed by atoms with Gasteiger partial charge in [0.2, 0.25) is 0 Å². The first-order valence-corrected chi connectivity index (χ1v) is 9.27. The molecule has 138 valence electrons. The van der Waals surface area contributed by atoms with Gasteiger partial charge in [-0.3, -0.25) is 9.98 Å². The third-order valence-electron chi connectivity index (χ3n) is 6.12. The smallest absolute Gasteiger partial charge is 0.193 e. The Morgan fingerprint density at radius 3 is 2.65 bits per heavy atom. The standard InChI is InChI=1S/C20H24N4O.HI/c1-21-20(24-11-15-16(12-24)18-8-7-17(15)25-18)23-10-14-5-2-4-13-6-3-9-22-19(13)14;/h2-6,9,15-18H,7-8,10-12H2,1H3,(H,21,23);1H. The zero-order valence-electron chi connectivity index (χ0n) is 15.0. The molecule has 3 aliphatic rings. The van der Waals surface area contributed by atoms with Crippen molar-refractivity contribution >= 4 is 40.8 Å². The Morgan fingerprint density at radius 2 is 1.92 bits per heavy atom. The minimum absolute atomic E-state index is 0. The number of pyridine rings is 1. The Balaban J connectivity index is 0.00000168. The molecule has 3 aliphatic heterocycles. The number of guanidine groups is 1. The first-order chi connectivity index (χ1) is 12.3. The highest BCUT2D eigenvalue weighted by Gasteiger charge is 2.53. The van der Waals surface area contributed by atoms with Gasteiger partial charge in [-0.15, -0.1) is 24.0 Å². The van der Waals surface area contributed by atoms with Gasteiger partial charge in [-0.2, -0.15) is 0 Å². The summed E-state index contributed by atoms with van der Waals surface area (Å²) in [5, 5.41) is 4.74. The van der Waals surface area contributed by atoms with Crippen LogP contribution >= 0.6 is 24.0 Å². The summed E-state index contributed by atoms with van der Waals surface area (Å²) in [7, 11) is 1.88. The third kappa shape index (κ3) is 2.97. The maximum absolute atomic E-state index is 6.08. The number of halogens is 1. The number of likely N-dealkylation sites (tertiary alicyclic amines) is 1. The van der Waals surface area contributed by atoms with Crippen LogP contribution in [0, 0.1) is 11.8 Å². The first-order valence-electron chi connectivity index (χ1n) is 9.27. The van der Waals surface area contributed by atoms with Crippen molar-refractivity contribution in [3.63, 3.8) is 0 Å². The van der Waals surface area contributed by atoms with Gasteiger partial charge in [0.05, 0.1) is 17.7 Å². The Morgan fingerprint density at radius 1 is 1.19 bits per heavy atom. The summed E-state index contributed by atoms with van der Waals surface area (Å²) < 4.78 is 6.08. The van der Waals surface area contributed by atoms with Crippen molar-refractivity contribution in [2.24, 2.45) is 16.8 Å². The molecule has 5 nitrogen and oxygen atoms in total. The van der Waals surface area contributed by atoms with E-state index in [2.05, 4.69) is 44.5 Å². The van der Waals surface area contributed by atoms with E-state index in [9.17, 15) is 0 Å². The van der Waals surface area contributed by atoms with E-state index in [1.165, 1.54) is 23.8 Å². The van der Waals surface area contributed by atoms with Crippen LogP contribution in [0.5, 0.6) is 0 Å². The van der Waals surface area contributed by atoms with Gasteiger partial charge in [-0.05, 0) is 24.5 Å². The predicted octanol–water partition coefficient (Wildman–Crippen LogP) is 3.04. The predicted molar refractivity (Wildman–Crippen MR) is 114 cm³/mol. The molecule has 4 atom stereocenters. The van der Waals surface area contributed by atoms with Crippen LogP contribution in [0.4, 0.5) is 0 Å². The van der Waals surface area contributed by atoms with Crippen LogP contribution in [-0.2, 0) is 11.3 Å². The van der Waals surface area contributed by atoms with Crippen LogP contribution < -0.4 is 5.32 Å². The fourth-order valence-corrected chi connectivity index (χ4v) is 4.95. The van der Waals surface area contributed by atoms with Crippen molar-refractivity contribution in [1.82, 2.24) is 15.2 Å². The first kappa shape index (κ1) is 18.0. The number of nitrogens with one attached hydrogen (secondary N) is 1. The molecule has 6 heteroatoms. The van der Waals surface area contributed by atoms with Gasteiger partial charge in [-0.1, -0.05) is 24.3 Å². The fourth-order valence-electron chi connectivity index (χ4n) is 4.95. The Labute approximate surface area is 171 Å². The number of nitrogens with zero attached hydrogens (tertiary/aromatic N) is 3. The van der Waals surface area contributed by atoms with Crippen LogP contribution in [0.25, 0.3) is 10.9 Å². The lowest BCUT2D eigenvalue weighted by Gasteiger charge is -2.23. The number of fused-ring (bicyclic) bond motifs is 6. The lowest BCUT2D eigenvalue weighted by atomic mass is 9.82. The maximum atomic E-state index is 6.08. The van der Waals surface area contributed by atoms with Crippen molar-refractivity contribution in [2.45, 2.75) is 31.6 Å². The second kappa shape index (κ2) is 7.31. The van der Waals surface area contributed by atoms with E-state index < -0.39 is 0 Å². The highest BCUT2D eigenvalue weighted by molar-refractivity contribution is 14.0. The molecule has 5 rings (SSSR count). The zero-order valence-corrected chi connectivity index (χ0v) is 17.3. The van der Waals surface area contributed by atoms with E-state index in [1.807, 2.05) is 19.3 Å². The average Bonchev–Trinajstić information content (AvgIpc) is 3.35. The third-order valence-corrected chi connectivity index (χ3v) is 6.12. The summed E-state index contributed by atoms with van der Waals surface area (Å²) in [6.45, 7) is 2.88. The summed E-state index contributed by atoms with van der Waals surface area (Å²) in [5.74, 6) is 2.38. The molecule has 3 saturated heterocycles. The number of rotatable bonds is 2. The molecule has 0 aliphatic carbocycles. The second-order valence-corrected chi connectivity index (χ2v) is 7.42. The second-order valence-electron chi connectivity index (χ2n) is 7.42. The highest BCUT2D eigenvalue weighted by atomic mass is 127. The molecule has 4 unspecified atom stereocenters. The van der Waals surface area contributed by atoms with Crippen molar-refractivity contribution in [3.8, 4) is 0 Å². The van der Waals surface area contributed by atoms with Crippen molar-refractivity contribution in [3.05, 3.63) is 42.1 Å². The molecule has 2 bridgehead atoms. The topological polar surface area (TPSA) is 49.8 Å². The Kier molecular flexibility index (Phi) is 5.05. The van der Waals surface area contributed by atoms with Gasteiger partial charge in [0.15, 0.2) is 5.96 Å². The van der Waals surface area contributed by atoms with Gasteiger partial charge < -0.3 is 15.0 Å². The number of ether oxygens (including phenoxy) is 1. The molecule has 3 fully saturated rings. The summed E-state index contributed by atoms with van der Waals surface area (Å²) in [4.78, 5) is 11.5. The van der Waals surface area contributed by atoms with Crippen LogP contribution in [0.15, 0.2) is 41.5 Å². The molecule has 2 aromatic rings. The highest BCUT2D eigenvalue weighted by Crippen LogP contribution is 2.47. The Hall–Kier alpha value is -1.41. The van der Waals surface area contributed by atoms with Crippen LogP contribution in [0.3, 0.4) is 0 Å². The molecule has 0 amide bonds. The number of aromatic nitrogens is 1. The summed E-state index contributed by atoms with van der Waals surface area (Å²) in [6, 6.07) is 10.4. The number of aliphatic imine (C=N–C) groups is 1. The summed E-state index contributed by atoms with van der Waals surface area (Å²) >= 11 is 0. The molecule has 0 saturated carbocycles. The SMILES string of the molecule is CN=C(NCc1cccc2cccnc12)N1CC2C3CCC(O3)C2C1.I. The number of para-hydroxylation sites is 1. The van der Waals surface area contributed by atoms with E-state index in [4.69, 9.17) is 4.74 Å². The molecular weight excluding hydrogens is 439 g/mol. The van der Waals surface area contributed by atoms with Crippen LogP contribution in [-0.4, -0.2) is 48.2 Å². The molecule has 1 aromatic carbocycles. The lowest BCUT2D eigenvalue weighted by molar-refractivity contribution is 0.0767. The van der Waals surface area contributed by atoms with Crippen molar-refractivity contribution in [1.29, 1.82) is 0 Å². The van der Waals surface area contributed by atoms with E-state index in [-0.39, 0.29) is 24.0 Å². The number of benzene rings is 1. The van der Waals surface area contributed by atoms with Gasteiger partial charge in [0.1, 0.15) is 0 Å². The van der Waals surface area contributed by atoms with E-state index in [0.29, 0.717) is 24.0 Å².